The van der Waals surface area contributed by atoms with Crippen LogP contribution in [-0.2, 0) is 9.59 Å². The second kappa shape index (κ2) is 6.62. The molecule has 24 heavy (non-hydrogen) atoms. The smallest absolute Gasteiger partial charge is 0.262 e. The zero-order valence-electron chi connectivity index (χ0n) is 13.5. The van der Waals surface area contributed by atoms with Gasteiger partial charge in [0.25, 0.3) is 11.8 Å². The standard InChI is InChI=1S/C18H18N2O4/c1-11-4-3-5-12(2)18(11)24-10-16(21)19-13-6-7-14-15(8-13)23-9-17(22)20-14/h3-8H,9-10H2,1-2H3,(H,19,21)(H,20,22). The summed E-state index contributed by atoms with van der Waals surface area (Å²) >= 11 is 0. The highest BCUT2D eigenvalue weighted by Gasteiger charge is 2.16. The van der Waals surface area contributed by atoms with Gasteiger partial charge in [0.1, 0.15) is 11.5 Å². The van der Waals surface area contributed by atoms with Crippen LogP contribution in [0.15, 0.2) is 36.4 Å². The molecule has 0 atom stereocenters. The van der Waals surface area contributed by atoms with Gasteiger partial charge in [-0.1, -0.05) is 18.2 Å². The van der Waals surface area contributed by atoms with Crippen molar-refractivity contribution >= 4 is 23.2 Å². The maximum Gasteiger partial charge on any atom is 0.262 e. The number of nitrogens with one attached hydrogen (secondary N) is 2. The van der Waals surface area contributed by atoms with Crippen LogP contribution in [0.1, 0.15) is 11.1 Å². The van der Waals surface area contributed by atoms with Crippen molar-refractivity contribution in [3.63, 3.8) is 0 Å². The number of rotatable bonds is 4. The van der Waals surface area contributed by atoms with E-state index in [0.29, 0.717) is 17.1 Å². The van der Waals surface area contributed by atoms with Gasteiger partial charge in [-0.3, -0.25) is 9.59 Å². The topological polar surface area (TPSA) is 76.7 Å². The summed E-state index contributed by atoms with van der Waals surface area (Å²) in [7, 11) is 0. The number of ether oxygens (including phenoxy) is 2. The number of hydrogen-bond donors (Lipinski definition) is 2. The Kier molecular flexibility index (Phi) is 4.37. The Morgan fingerprint density at radius 3 is 2.75 bits per heavy atom. The highest BCUT2D eigenvalue weighted by molar-refractivity contribution is 5.97. The Labute approximate surface area is 139 Å². The van der Waals surface area contributed by atoms with Crippen molar-refractivity contribution < 1.29 is 19.1 Å². The van der Waals surface area contributed by atoms with Gasteiger partial charge < -0.3 is 20.1 Å². The molecular formula is C18H18N2O4. The maximum absolute atomic E-state index is 12.1. The molecular weight excluding hydrogens is 308 g/mol. The van der Waals surface area contributed by atoms with Crippen molar-refractivity contribution in [1.82, 2.24) is 0 Å². The number of benzene rings is 2. The summed E-state index contributed by atoms with van der Waals surface area (Å²) in [6.45, 7) is 3.77. The molecule has 0 fully saturated rings. The van der Waals surface area contributed by atoms with Crippen LogP contribution in [-0.4, -0.2) is 25.0 Å². The zero-order chi connectivity index (χ0) is 17.1. The van der Waals surface area contributed by atoms with Gasteiger partial charge in [0, 0.05) is 11.8 Å². The quantitative estimate of drug-likeness (QED) is 0.905. The van der Waals surface area contributed by atoms with E-state index in [1.807, 2.05) is 32.0 Å². The first kappa shape index (κ1) is 15.9. The summed E-state index contributed by atoms with van der Waals surface area (Å²) in [6, 6.07) is 10.9. The summed E-state index contributed by atoms with van der Waals surface area (Å²) in [5.74, 6) is 0.797. The van der Waals surface area contributed by atoms with Gasteiger partial charge in [0.15, 0.2) is 13.2 Å². The lowest BCUT2D eigenvalue weighted by Crippen LogP contribution is -2.25. The molecule has 2 N–H and O–H groups in total. The van der Waals surface area contributed by atoms with Crippen molar-refractivity contribution in [2.45, 2.75) is 13.8 Å². The molecule has 1 heterocycles. The summed E-state index contributed by atoms with van der Waals surface area (Å²) in [6.07, 6.45) is 0. The van der Waals surface area contributed by atoms with Crippen LogP contribution in [0.4, 0.5) is 11.4 Å². The molecule has 0 bridgehead atoms. The van der Waals surface area contributed by atoms with Gasteiger partial charge in [0.2, 0.25) is 0 Å². The molecule has 0 saturated carbocycles. The molecule has 0 unspecified atom stereocenters. The average Bonchev–Trinajstić information content (AvgIpc) is 2.54. The highest BCUT2D eigenvalue weighted by atomic mass is 16.5. The lowest BCUT2D eigenvalue weighted by Gasteiger charge is -2.18. The Hall–Kier alpha value is -3.02. The van der Waals surface area contributed by atoms with E-state index in [2.05, 4.69) is 10.6 Å². The number of anilines is 2. The van der Waals surface area contributed by atoms with Gasteiger partial charge in [-0.2, -0.15) is 0 Å². The van der Waals surface area contributed by atoms with Crippen molar-refractivity contribution in [3.05, 3.63) is 47.5 Å². The summed E-state index contributed by atoms with van der Waals surface area (Å²) < 4.78 is 11.0. The summed E-state index contributed by atoms with van der Waals surface area (Å²) in [4.78, 5) is 23.3. The molecule has 124 valence electrons. The molecule has 2 aromatic carbocycles. The predicted molar refractivity (Wildman–Crippen MR) is 90.6 cm³/mol. The first-order chi connectivity index (χ1) is 11.5. The van der Waals surface area contributed by atoms with Crippen LogP contribution >= 0.6 is 0 Å². The normalized spacial score (nSPS) is 12.7. The average molecular weight is 326 g/mol. The van der Waals surface area contributed by atoms with Gasteiger partial charge in [-0.05, 0) is 37.1 Å². The fourth-order valence-corrected chi connectivity index (χ4v) is 2.51. The predicted octanol–water partition coefficient (Wildman–Crippen LogP) is 2.65. The van der Waals surface area contributed by atoms with E-state index >= 15 is 0 Å². The van der Waals surface area contributed by atoms with E-state index in [1.54, 1.807) is 18.2 Å². The first-order valence-corrected chi connectivity index (χ1v) is 7.58. The lowest BCUT2D eigenvalue weighted by atomic mass is 10.1. The Bertz CT molecular complexity index is 781. The van der Waals surface area contributed by atoms with E-state index < -0.39 is 0 Å². The summed E-state index contributed by atoms with van der Waals surface area (Å²) in [5.41, 5.74) is 3.15. The molecule has 0 radical (unpaired) electrons. The fourth-order valence-electron chi connectivity index (χ4n) is 2.51. The van der Waals surface area contributed by atoms with Crippen LogP contribution in [0.3, 0.4) is 0 Å². The van der Waals surface area contributed by atoms with Crippen LogP contribution in [0, 0.1) is 13.8 Å². The molecule has 0 aromatic heterocycles. The van der Waals surface area contributed by atoms with Crippen molar-refractivity contribution in [1.29, 1.82) is 0 Å². The molecule has 2 aromatic rings. The SMILES string of the molecule is Cc1cccc(C)c1OCC(=O)Nc1ccc2c(c1)OCC(=O)N2. The van der Waals surface area contributed by atoms with Crippen LogP contribution < -0.4 is 20.1 Å². The number of amides is 2. The van der Waals surface area contributed by atoms with E-state index in [4.69, 9.17) is 9.47 Å². The highest BCUT2D eigenvalue weighted by Crippen LogP contribution is 2.30. The van der Waals surface area contributed by atoms with E-state index in [9.17, 15) is 9.59 Å². The number of carbonyl (C=O) groups excluding carboxylic acids is 2. The minimum absolute atomic E-state index is 0.0277. The number of aryl methyl sites for hydroxylation is 2. The Morgan fingerprint density at radius 2 is 2.00 bits per heavy atom. The molecule has 6 nitrogen and oxygen atoms in total. The van der Waals surface area contributed by atoms with Crippen molar-refractivity contribution in [3.8, 4) is 11.5 Å². The van der Waals surface area contributed by atoms with Crippen LogP contribution in [0.5, 0.6) is 11.5 Å². The van der Waals surface area contributed by atoms with Gasteiger partial charge >= 0.3 is 0 Å². The number of fused-ring (bicyclic) bond motifs is 1. The Morgan fingerprint density at radius 1 is 1.25 bits per heavy atom. The van der Waals surface area contributed by atoms with E-state index in [-0.39, 0.29) is 25.0 Å². The molecule has 2 amide bonds. The largest absolute Gasteiger partial charge is 0.483 e. The summed E-state index contributed by atoms with van der Waals surface area (Å²) in [5, 5.41) is 5.45. The third-order valence-electron chi connectivity index (χ3n) is 3.65. The third kappa shape index (κ3) is 3.48. The minimum atomic E-state index is -0.266. The maximum atomic E-state index is 12.1. The third-order valence-corrected chi connectivity index (χ3v) is 3.65. The molecule has 1 aliphatic heterocycles. The van der Waals surface area contributed by atoms with Gasteiger partial charge in [0.05, 0.1) is 5.69 Å². The molecule has 0 spiro atoms. The second-order valence-electron chi connectivity index (χ2n) is 5.61. The zero-order valence-corrected chi connectivity index (χ0v) is 13.5. The lowest BCUT2D eigenvalue weighted by molar-refractivity contribution is -0.119. The molecule has 6 heteroatoms. The molecule has 0 aliphatic carbocycles. The van der Waals surface area contributed by atoms with E-state index in [1.165, 1.54) is 0 Å². The molecule has 0 saturated heterocycles. The monoisotopic (exact) mass is 326 g/mol. The number of carbonyl (C=O) groups is 2. The molecule has 3 rings (SSSR count). The van der Waals surface area contributed by atoms with Crippen molar-refractivity contribution in [2.24, 2.45) is 0 Å². The fraction of sp³-hybridized carbons (Fsp3) is 0.222. The van der Waals surface area contributed by atoms with Crippen molar-refractivity contribution in [2.75, 3.05) is 23.8 Å². The number of para-hydroxylation sites is 1. The van der Waals surface area contributed by atoms with Gasteiger partial charge in [-0.25, -0.2) is 0 Å². The van der Waals surface area contributed by atoms with Gasteiger partial charge in [-0.15, -0.1) is 0 Å². The Balaban J connectivity index is 1.62. The molecule has 1 aliphatic rings. The second-order valence-corrected chi connectivity index (χ2v) is 5.61. The van der Waals surface area contributed by atoms with Crippen LogP contribution in [0.2, 0.25) is 0 Å². The van der Waals surface area contributed by atoms with E-state index in [0.717, 1.165) is 16.9 Å². The minimum Gasteiger partial charge on any atom is -0.483 e. The van der Waals surface area contributed by atoms with Crippen LogP contribution in [0.25, 0.3) is 0 Å². The first-order valence-electron chi connectivity index (χ1n) is 7.58. The number of hydrogen-bond acceptors (Lipinski definition) is 4.